The van der Waals surface area contributed by atoms with E-state index in [0.717, 1.165) is 19.3 Å². The van der Waals surface area contributed by atoms with Crippen molar-refractivity contribution >= 4 is 27.6 Å². The van der Waals surface area contributed by atoms with Crippen LogP contribution < -0.4 is 10.1 Å². The Balaban J connectivity index is 1.70. The van der Waals surface area contributed by atoms with E-state index in [1.807, 2.05) is 0 Å². The van der Waals surface area contributed by atoms with Gasteiger partial charge in [-0.3, -0.25) is 9.48 Å². The SMILES string of the molecule is COc1ccc(S(=O)(=O)N2CCCCC2)cc1NC(=O)COC(=O)c1cnn(C)c1. The number of carbonyl (C=O) groups excluding carboxylic acids is 2. The molecule has 0 unspecified atom stereocenters. The number of hydrogen-bond acceptors (Lipinski definition) is 7. The molecule has 2 heterocycles. The molecule has 0 saturated carbocycles. The zero-order chi connectivity index (χ0) is 21.7. The molecule has 1 aromatic heterocycles. The lowest BCUT2D eigenvalue weighted by atomic mass is 10.2. The molecule has 11 heteroatoms. The van der Waals surface area contributed by atoms with Crippen molar-refractivity contribution in [2.45, 2.75) is 24.2 Å². The van der Waals surface area contributed by atoms with Gasteiger partial charge in [-0.2, -0.15) is 9.40 Å². The van der Waals surface area contributed by atoms with Gasteiger partial charge in [-0.25, -0.2) is 13.2 Å². The molecule has 0 atom stereocenters. The number of aryl methyl sites for hydroxylation is 1. The van der Waals surface area contributed by atoms with E-state index < -0.39 is 28.5 Å². The van der Waals surface area contributed by atoms with E-state index >= 15 is 0 Å². The lowest BCUT2D eigenvalue weighted by Gasteiger charge is -2.26. The average molecular weight is 436 g/mol. The number of aromatic nitrogens is 2. The molecule has 1 fully saturated rings. The number of methoxy groups -OCH3 is 1. The number of anilines is 1. The minimum Gasteiger partial charge on any atom is -0.495 e. The van der Waals surface area contributed by atoms with E-state index in [1.165, 1.54) is 46.7 Å². The molecule has 3 rings (SSSR count). The molecule has 2 aromatic rings. The Morgan fingerprint density at radius 2 is 1.93 bits per heavy atom. The zero-order valence-electron chi connectivity index (χ0n) is 16.8. The van der Waals surface area contributed by atoms with Gasteiger partial charge < -0.3 is 14.8 Å². The highest BCUT2D eigenvalue weighted by Crippen LogP contribution is 2.30. The molecule has 0 bridgehead atoms. The van der Waals surface area contributed by atoms with Crippen molar-refractivity contribution in [1.82, 2.24) is 14.1 Å². The summed E-state index contributed by atoms with van der Waals surface area (Å²) in [5, 5.41) is 6.41. The first-order valence-electron chi connectivity index (χ1n) is 9.45. The number of amides is 1. The summed E-state index contributed by atoms with van der Waals surface area (Å²) in [6.07, 6.45) is 5.45. The smallest absolute Gasteiger partial charge is 0.341 e. The van der Waals surface area contributed by atoms with Crippen molar-refractivity contribution < 1.29 is 27.5 Å². The second-order valence-electron chi connectivity index (χ2n) is 6.85. The third kappa shape index (κ3) is 4.97. The number of nitrogens with zero attached hydrogens (tertiary/aromatic N) is 3. The maximum atomic E-state index is 12.9. The normalized spacial score (nSPS) is 14.9. The van der Waals surface area contributed by atoms with Crippen LogP contribution in [-0.4, -0.2) is 61.2 Å². The van der Waals surface area contributed by atoms with Crippen molar-refractivity contribution in [3.05, 3.63) is 36.2 Å². The highest BCUT2D eigenvalue weighted by molar-refractivity contribution is 7.89. The van der Waals surface area contributed by atoms with Crippen molar-refractivity contribution in [2.24, 2.45) is 7.05 Å². The van der Waals surface area contributed by atoms with Gasteiger partial charge in [0, 0.05) is 26.3 Å². The van der Waals surface area contributed by atoms with Gasteiger partial charge in [0.2, 0.25) is 10.0 Å². The molecule has 1 saturated heterocycles. The number of piperidine rings is 1. The van der Waals surface area contributed by atoms with Crippen LogP contribution in [0.5, 0.6) is 5.75 Å². The molecule has 0 aliphatic carbocycles. The van der Waals surface area contributed by atoms with E-state index in [-0.39, 0.29) is 16.1 Å². The molecule has 1 aromatic carbocycles. The van der Waals surface area contributed by atoms with E-state index in [1.54, 1.807) is 7.05 Å². The third-order valence-corrected chi connectivity index (χ3v) is 6.57. The van der Waals surface area contributed by atoms with Crippen LogP contribution >= 0.6 is 0 Å². The Hall–Kier alpha value is -2.92. The summed E-state index contributed by atoms with van der Waals surface area (Å²) in [5.74, 6) is -1.02. The number of esters is 1. The fourth-order valence-corrected chi connectivity index (χ4v) is 4.67. The summed E-state index contributed by atoms with van der Waals surface area (Å²) in [7, 11) is -0.610. The van der Waals surface area contributed by atoms with Crippen LogP contribution in [0.2, 0.25) is 0 Å². The van der Waals surface area contributed by atoms with E-state index in [2.05, 4.69) is 10.4 Å². The van der Waals surface area contributed by atoms with E-state index in [4.69, 9.17) is 9.47 Å². The average Bonchev–Trinajstić information content (AvgIpc) is 3.19. The van der Waals surface area contributed by atoms with Crippen molar-refractivity contribution in [1.29, 1.82) is 0 Å². The Labute approximate surface area is 174 Å². The fraction of sp³-hybridized carbons (Fsp3) is 0.421. The molecule has 10 nitrogen and oxygen atoms in total. The van der Waals surface area contributed by atoms with Gasteiger partial charge in [-0.1, -0.05) is 6.42 Å². The molecule has 1 N–H and O–H groups in total. The predicted molar refractivity (Wildman–Crippen MR) is 108 cm³/mol. The van der Waals surface area contributed by atoms with Crippen LogP contribution in [0.3, 0.4) is 0 Å². The quantitative estimate of drug-likeness (QED) is 0.652. The number of rotatable bonds is 7. The lowest BCUT2D eigenvalue weighted by molar-refractivity contribution is -0.119. The molecule has 0 radical (unpaired) electrons. The highest BCUT2D eigenvalue weighted by atomic mass is 32.2. The van der Waals surface area contributed by atoms with Gasteiger partial charge in [0.1, 0.15) is 5.75 Å². The van der Waals surface area contributed by atoms with Gasteiger partial charge in [0.15, 0.2) is 6.61 Å². The lowest BCUT2D eigenvalue weighted by Crippen LogP contribution is -2.35. The zero-order valence-corrected chi connectivity index (χ0v) is 17.6. The fourth-order valence-electron chi connectivity index (χ4n) is 3.13. The molecule has 1 amide bonds. The standard InChI is InChI=1S/C19H24N4O6S/c1-22-12-14(11-20-22)19(25)29-13-18(24)21-16-10-15(6-7-17(16)28-2)30(26,27)23-8-4-3-5-9-23/h6-7,10-12H,3-5,8-9,13H2,1-2H3,(H,21,24). The first-order valence-corrected chi connectivity index (χ1v) is 10.9. The maximum absolute atomic E-state index is 12.9. The Morgan fingerprint density at radius 3 is 2.57 bits per heavy atom. The predicted octanol–water partition coefficient (Wildman–Crippen LogP) is 1.40. The number of nitrogens with one attached hydrogen (secondary N) is 1. The minimum atomic E-state index is -3.67. The number of ether oxygens (including phenoxy) is 2. The van der Waals surface area contributed by atoms with Crippen LogP contribution in [0.1, 0.15) is 29.6 Å². The molecule has 162 valence electrons. The second kappa shape index (κ2) is 9.26. The molecular weight excluding hydrogens is 412 g/mol. The van der Waals surface area contributed by atoms with Crippen molar-refractivity contribution in [2.75, 3.05) is 32.1 Å². The van der Waals surface area contributed by atoms with Gasteiger partial charge in [-0.15, -0.1) is 0 Å². The number of hydrogen-bond donors (Lipinski definition) is 1. The van der Waals surface area contributed by atoms with Crippen LogP contribution in [0.15, 0.2) is 35.5 Å². The summed E-state index contributed by atoms with van der Waals surface area (Å²) >= 11 is 0. The third-order valence-electron chi connectivity index (χ3n) is 4.67. The van der Waals surface area contributed by atoms with Crippen molar-refractivity contribution in [3.8, 4) is 5.75 Å². The topological polar surface area (TPSA) is 120 Å². The molecule has 1 aliphatic heterocycles. The largest absolute Gasteiger partial charge is 0.495 e. The van der Waals surface area contributed by atoms with Crippen LogP contribution in [0, 0.1) is 0 Å². The van der Waals surface area contributed by atoms with Crippen LogP contribution in [-0.2, 0) is 26.6 Å². The summed E-state index contributed by atoms with van der Waals surface area (Å²) in [5.41, 5.74) is 0.399. The molecular formula is C19H24N4O6S. The van der Waals surface area contributed by atoms with Gasteiger partial charge in [0.25, 0.3) is 5.91 Å². The van der Waals surface area contributed by atoms with Gasteiger partial charge >= 0.3 is 5.97 Å². The molecule has 30 heavy (non-hydrogen) atoms. The van der Waals surface area contributed by atoms with E-state index in [9.17, 15) is 18.0 Å². The summed E-state index contributed by atoms with van der Waals surface area (Å²) in [6.45, 7) is 0.403. The highest BCUT2D eigenvalue weighted by Gasteiger charge is 2.27. The van der Waals surface area contributed by atoms with Crippen LogP contribution in [0.25, 0.3) is 0 Å². The first kappa shape index (κ1) is 21.8. The summed E-state index contributed by atoms with van der Waals surface area (Å²) < 4.78 is 38.9. The molecule has 1 aliphatic rings. The number of sulfonamides is 1. The van der Waals surface area contributed by atoms with Crippen LogP contribution in [0.4, 0.5) is 5.69 Å². The monoisotopic (exact) mass is 436 g/mol. The Kier molecular flexibility index (Phi) is 6.73. The van der Waals surface area contributed by atoms with Crippen molar-refractivity contribution in [3.63, 3.8) is 0 Å². The molecule has 0 spiro atoms. The first-order chi connectivity index (χ1) is 14.3. The number of benzene rings is 1. The van der Waals surface area contributed by atoms with Gasteiger partial charge in [0.05, 0.1) is 29.5 Å². The summed E-state index contributed by atoms with van der Waals surface area (Å²) in [4.78, 5) is 24.3. The maximum Gasteiger partial charge on any atom is 0.341 e. The summed E-state index contributed by atoms with van der Waals surface area (Å²) in [6, 6.07) is 4.28. The van der Waals surface area contributed by atoms with Gasteiger partial charge in [-0.05, 0) is 31.0 Å². The van der Waals surface area contributed by atoms with E-state index in [0.29, 0.717) is 18.8 Å². The second-order valence-corrected chi connectivity index (χ2v) is 8.79. The Bertz CT molecular complexity index is 1030. The minimum absolute atomic E-state index is 0.0628. The number of carbonyl (C=O) groups is 2. The Morgan fingerprint density at radius 1 is 1.20 bits per heavy atom.